The van der Waals surface area contributed by atoms with Crippen molar-refractivity contribution in [3.8, 4) is 16.8 Å². The van der Waals surface area contributed by atoms with Gasteiger partial charge in [-0.05, 0) is 78.6 Å². The van der Waals surface area contributed by atoms with E-state index in [2.05, 4.69) is 76.6 Å². The van der Waals surface area contributed by atoms with Crippen LogP contribution in [0.3, 0.4) is 0 Å². The highest BCUT2D eigenvalue weighted by atomic mass is 32.1. The Morgan fingerprint density at radius 3 is 2.69 bits per heavy atom. The molecular formula is C34H27N3OS. The summed E-state index contributed by atoms with van der Waals surface area (Å²) in [6.07, 6.45) is 6.08. The number of carbonyl (C=O) groups excluding carboxylic acids is 1. The predicted octanol–water partition coefficient (Wildman–Crippen LogP) is 8.39. The van der Waals surface area contributed by atoms with Crippen LogP contribution in [0.2, 0.25) is 0 Å². The van der Waals surface area contributed by atoms with Gasteiger partial charge in [0, 0.05) is 50.9 Å². The zero-order valence-electron chi connectivity index (χ0n) is 21.4. The van der Waals surface area contributed by atoms with Crippen LogP contribution in [0.1, 0.15) is 29.6 Å². The van der Waals surface area contributed by atoms with Gasteiger partial charge in [0.1, 0.15) is 0 Å². The Morgan fingerprint density at radius 1 is 0.949 bits per heavy atom. The molecular weight excluding hydrogens is 498 g/mol. The number of carbonyl (C=O) groups is 1. The summed E-state index contributed by atoms with van der Waals surface area (Å²) in [6, 6.07) is 31.9. The van der Waals surface area contributed by atoms with Gasteiger partial charge in [-0.15, -0.1) is 0 Å². The minimum atomic E-state index is 0.388. The van der Waals surface area contributed by atoms with Gasteiger partial charge in [0.05, 0.1) is 16.6 Å². The standard InChI is InChI=1S/C34H27N3OS/c38-21-24-14-15-26(19-31(24)36-30-18-23(30)8-6-16-39)37-32-12-4-2-9-28(32)34-27(10-5-13-33(34)37)25-17-22-7-1-3-11-29(22)35-20-25/h1-5,7,9-17,19-21,23,30,36H,6,8,18H2. The lowest BCUT2D eigenvalue weighted by molar-refractivity contribution is 0.112. The van der Waals surface area contributed by atoms with Crippen molar-refractivity contribution in [1.29, 1.82) is 0 Å². The highest BCUT2D eigenvalue weighted by Gasteiger charge is 2.36. The van der Waals surface area contributed by atoms with Crippen molar-refractivity contribution in [1.82, 2.24) is 9.55 Å². The van der Waals surface area contributed by atoms with E-state index in [4.69, 9.17) is 17.2 Å². The molecule has 4 aromatic carbocycles. The first-order chi connectivity index (χ1) is 19.2. The van der Waals surface area contributed by atoms with E-state index >= 15 is 0 Å². The smallest absolute Gasteiger partial charge is 0.152 e. The molecule has 2 unspecified atom stereocenters. The first-order valence-electron chi connectivity index (χ1n) is 13.4. The summed E-state index contributed by atoms with van der Waals surface area (Å²) < 4.78 is 2.30. The van der Waals surface area contributed by atoms with Crippen LogP contribution >= 0.6 is 12.2 Å². The third kappa shape index (κ3) is 4.19. The Labute approximate surface area is 232 Å². The Morgan fingerprint density at radius 2 is 1.79 bits per heavy atom. The second-order valence-corrected chi connectivity index (χ2v) is 10.7. The number of thiocarbonyl (C=S) groups is 1. The summed E-state index contributed by atoms with van der Waals surface area (Å²) >= 11 is 5.01. The number of rotatable bonds is 8. The molecule has 2 atom stereocenters. The Hall–Kier alpha value is -4.35. The van der Waals surface area contributed by atoms with Crippen LogP contribution in [0.15, 0.2) is 97.2 Å². The molecule has 0 amide bonds. The Bertz CT molecular complexity index is 1890. The molecule has 190 valence electrons. The monoisotopic (exact) mass is 525 g/mol. The third-order valence-electron chi connectivity index (χ3n) is 7.94. The fourth-order valence-electron chi connectivity index (χ4n) is 5.89. The SMILES string of the molecule is O=Cc1ccc(-n2c3ccccc3c3c(-c4cnc5ccccc5c4)cccc32)cc1NC1CC1CCC=S. The number of para-hydroxylation sites is 2. The number of anilines is 1. The molecule has 6 aromatic rings. The predicted molar refractivity (Wildman–Crippen MR) is 165 cm³/mol. The minimum absolute atomic E-state index is 0.388. The van der Waals surface area contributed by atoms with Crippen molar-refractivity contribution in [3.05, 3.63) is 103 Å². The van der Waals surface area contributed by atoms with Crippen LogP contribution in [0.5, 0.6) is 0 Å². The number of fused-ring (bicyclic) bond motifs is 4. The lowest BCUT2D eigenvalue weighted by Crippen LogP contribution is -2.08. The van der Waals surface area contributed by atoms with E-state index in [-0.39, 0.29) is 0 Å². The number of nitrogens with zero attached hydrogens (tertiary/aromatic N) is 2. The first-order valence-corrected chi connectivity index (χ1v) is 13.9. The summed E-state index contributed by atoms with van der Waals surface area (Å²) in [6.45, 7) is 0. The summed E-state index contributed by atoms with van der Waals surface area (Å²) in [5.74, 6) is 0.610. The molecule has 4 nitrogen and oxygen atoms in total. The second-order valence-electron chi connectivity index (χ2n) is 10.3. The number of hydrogen-bond donors (Lipinski definition) is 1. The van der Waals surface area contributed by atoms with Crippen LogP contribution in [-0.4, -0.2) is 27.2 Å². The molecule has 1 aliphatic carbocycles. The van der Waals surface area contributed by atoms with Gasteiger partial charge in [0.2, 0.25) is 0 Å². The number of nitrogens with one attached hydrogen (secondary N) is 1. The first kappa shape index (κ1) is 23.7. The third-order valence-corrected chi connectivity index (χ3v) is 8.18. The lowest BCUT2D eigenvalue weighted by atomic mass is 9.99. The lowest BCUT2D eigenvalue weighted by Gasteiger charge is -2.14. The zero-order valence-corrected chi connectivity index (χ0v) is 22.2. The maximum atomic E-state index is 11.9. The number of benzene rings is 4. The quantitative estimate of drug-likeness (QED) is 0.160. The van der Waals surface area contributed by atoms with Crippen LogP contribution in [0.25, 0.3) is 49.5 Å². The van der Waals surface area contributed by atoms with Crippen molar-refractivity contribution >= 4 is 62.3 Å². The van der Waals surface area contributed by atoms with Gasteiger partial charge in [0.25, 0.3) is 0 Å². The molecule has 2 heterocycles. The average Bonchev–Trinajstić information content (AvgIpc) is 3.64. The molecule has 0 spiro atoms. The molecule has 7 rings (SSSR count). The summed E-state index contributed by atoms with van der Waals surface area (Å²) in [7, 11) is 0. The fraction of sp³-hybridized carbons (Fsp3) is 0.147. The van der Waals surface area contributed by atoms with Gasteiger partial charge >= 0.3 is 0 Å². The Kier molecular flexibility index (Phi) is 5.94. The zero-order chi connectivity index (χ0) is 26.3. The van der Waals surface area contributed by atoms with E-state index < -0.39 is 0 Å². The summed E-state index contributed by atoms with van der Waals surface area (Å²) in [5.41, 5.74) is 8.09. The van der Waals surface area contributed by atoms with Crippen molar-refractivity contribution in [3.63, 3.8) is 0 Å². The maximum absolute atomic E-state index is 11.9. The van der Waals surface area contributed by atoms with E-state index in [9.17, 15) is 4.79 Å². The normalized spacial score (nSPS) is 16.5. The topological polar surface area (TPSA) is 46.9 Å². The minimum Gasteiger partial charge on any atom is -0.381 e. The van der Waals surface area contributed by atoms with Crippen LogP contribution in [0, 0.1) is 5.92 Å². The van der Waals surface area contributed by atoms with Gasteiger partial charge in [0.15, 0.2) is 6.29 Å². The van der Waals surface area contributed by atoms with E-state index in [1.165, 1.54) is 10.8 Å². The number of hydrogen-bond acceptors (Lipinski definition) is 4. The summed E-state index contributed by atoms with van der Waals surface area (Å²) in [4.78, 5) is 16.7. The largest absolute Gasteiger partial charge is 0.381 e. The fourth-order valence-corrected chi connectivity index (χ4v) is 6.03. The number of aromatic nitrogens is 2. The molecule has 0 radical (unpaired) electrons. The van der Waals surface area contributed by atoms with Gasteiger partial charge in [-0.1, -0.05) is 60.7 Å². The molecule has 0 saturated heterocycles. The summed E-state index contributed by atoms with van der Waals surface area (Å²) in [5, 5.41) is 8.97. The molecule has 5 heteroatoms. The molecule has 1 aliphatic rings. The highest BCUT2D eigenvalue weighted by molar-refractivity contribution is 7.78. The second kappa shape index (κ2) is 9.75. The molecule has 1 saturated carbocycles. The molecule has 0 bridgehead atoms. The Balaban J connectivity index is 1.38. The van der Waals surface area contributed by atoms with Gasteiger partial charge in [-0.3, -0.25) is 9.78 Å². The van der Waals surface area contributed by atoms with Crippen molar-refractivity contribution in [2.75, 3.05) is 5.32 Å². The van der Waals surface area contributed by atoms with Crippen molar-refractivity contribution < 1.29 is 4.79 Å². The molecule has 1 N–H and O–H groups in total. The van der Waals surface area contributed by atoms with Gasteiger partial charge in [-0.2, -0.15) is 0 Å². The van der Waals surface area contributed by atoms with Crippen LogP contribution in [0.4, 0.5) is 5.69 Å². The van der Waals surface area contributed by atoms with Crippen molar-refractivity contribution in [2.24, 2.45) is 5.92 Å². The van der Waals surface area contributed by atoms with Crippen LogP contribution < -0.4 is 5.32 Å². The maximum Gasteiger partial charge on any atom is 0.152 e. The van der Waals surface area contributed by atoms with E-state index in [0.29, 0.717) is 17.5 Å². The number of aldehydes is 1. The average molecular weight is 526 g/mol. The molecule has 0 aliphatic heterocycles. The number of pyridine rings is 1. The van der Waals surface area contributed by atoms with Crippen molar-refractivity contribution in [2.45, 2.75) is 25.3 Å². The van der Waals surface area contributed by atoms with E-state index in [1.807, 2.05) is 35.8 Å². The molecule has 2 aromatic heterocycles. The van der Waals surface area contributed by atoms with E-state index in [1.54, 1.807) is 0 Å². The molecule has 1 fully saturated rings. The highest BCUT2D eigenvalue weighted by Crippen LogP contribution is 2.41. The van der Waals surface area contributed by atoms with E-state index in [0.717, 1.165) is 70.0 Å². The van der Waals surface area contributed by atoms with Gasteiger partial charge in [-0.25, -0.2) is 0 Å². The molecule has 39 heavy (non-hydrogen) atoms. The van der Waals surface area contributed by atoms with Gasteiger partial charge < -0.3 is 9.88 Å². The van der Waals surface area contributed by atoms with Crippen LogP contribution in [-0.2, 0) is 0 Å².